The summed E-state index contributed by atoms with van der Waals surface area (Å²) in [5, 5.41) is 0. The zero-order valence-corrected chi connectivity index (χ0v) is 16.6. The molecule has 160 valence electrons. The first-order valence-corrected chi connectivity index (χ1v) is 10.3. The number of fused-ring (bicyclic) bond motifs is 2. The van der Waals surface area contributed by atoms with E-state index in [0.29, 0.717) is 18.9 Å². The SMILES string of the molecule is N[C@H](Cc1cc(F)c(F)cc1F)[C@@H]1C[C@H]2CC[C@@H](C1)N2C(=O)OCc1ccccc1. The number of amides is 1. The van der Waals surface area contributed by atoms with Crippen LogP contribution in [0.15, 0.2) is 42.5 Å². The van der Waals surface area contributed by atoms with E-state index in [1.807, 2.05) is 35.2 Å². The number of rotatable bonds is 5. The smallest absolute Gasteiger partial charge is 0.410 e. The molecule has 2 heterocycles. The highest BCUT2D eigenvalue weighted by Crippen LogP contribution is 2.40. The van der Waals surface area contributed by atoms with Crippen LogP contribution in [0.5, 0.6) is 0 Å². The molecule has 0 spiro atoms. The normalized spacial score (nSPS) is 24.0. The Kier molecular flexibility index (Phi) is 5.99. The number of hydrogen-bond donors (Lipinski definition) is 1. The predicted octanol–water partition coefficient (Wildman–Crippen LogP) is 4.55. The second-order valence-electron chi connectivity index (χ2n) is 8.29. The van der Waals surface area contributed by atoms with Gasteiger partial charge in [-0.3, -0.25) is 0 Å². The first kappa shape index (κ1) is 20.7. The Morgan fingerprint density at radius 2 is 1.67 bits per heavy atom. The molecule has 4 atom stereocenters. The van der Waals surface area contributed by atoms with E-state index in [0.717, 1.165) is 24.5 Å². The van der Waals surface area contributed by atoms with Crippen molar-refractivity contribution in [1.29, 1.82) is 0 Å². The maximum Gasteiger partial charge on any atom is 0.410 e. The highest BCUT2D eigenvalue weighted by atomic mass is 19.2. The van der Waals surface area contributed by atoms with Crippen LogP contribution in [0.3, 0.4) is 0 Å². The van der Waals surface area contributed by atoms with Gasteiger partial charge in [0.1, 0.15) is 12.4 Å². The Bertz CT molecular complexity index is 895. The van der Waals surface area contributed by atoms with Gasteiger partial charge in [0.05, 0.1) is 0 Å². The summed E-state index contributed by atoms with van der Waals surface area (Å²) in [4.78, 5) is 14.5. The van der Waals surface area contributed by atoms with Gasteiger partial charge in [0.25, 0.3) is 0 Å². The Hall–Kier alpha value is -2.54. The minimum atomic E-state index is -1.20. The van der Waals surface area contributed by atoms with Crippen LogP contribution in [-0.4, -0.2) is 29.1 Å². The van der Waals surface area contributed by atoms with Gasteiger partial charge in [-0.15, -0.1) is 0 Å². The van der Waals surface area contributed by atoms with Gasteiger partial charge in [-0.05, 0) is 55.2 Å². The van der Waals surface area contributed by atoms with Crippen LogP contribution in [0, 0.1) is 23.4 Å². The molecule has 2 fully saturated rings. The van der Waals surface area contributed by atoms with Crippen LogP contribution in [0.4, 0.5) is 18.0 Å². The lowest BCUT2D eigenvalue weighted by atomic mass is 9.83. The average Bonchev–Trinajstić information content (AvgIpc) is 3.00. The second-order valence-corrected chi connectivity index (χ2v) is 8.29. The van der Waals surface area contributed by atoms with Crippen molar-refractivity contribution in [2.45, 2.75) is 56.8 Å². The zero-order chi connectivity index (χ0) is 21.3. The maximum absolute atomic E-state index is 14.0. The van der Waals surface area contributed by atoms with E-state index >= 15 is 0 Å². The van der Waals surface area contributed by atoms with Crippen molar-refractivity contribution in [2.75, 3.05) is 0 Å². The number of nitrogens with two attached hydrogens (primary N) is 1. The fourth-order valence-corrected chi connectivity index (χ4v) is 4.80. The molecule has 0 saturated carbocycles. The largest absolute Gasteiger partial charge is 0.445 e. The molecule has 0 aromatic heterocycles. The molecule has 30 heavy (non-hydrogen) atoms. The highest BCUT2D eigenvalue weighted by molar-refractivity contribution is 5.69. The third-order valence-corrected chi connectivity index (χ3v) is 6.34. The second kappa shape index (κ2) is 8.68. The van der Waals surface area contributed by atoms with Crippen LogP contribution in [0.2, 0.25) is 0 Å². The van der Waals surface area contributed by atoms with Crippen LogP contribution >= 0.6 is 0 Å². The number of nitrogens with zero attached hydrogens (tertiary/aromatic N) is 1. The Labute approximate surface area is 173 Å². The van der Waals surface area contributed by atoms with Crippen LogP contribution < -0.4 is 5.73 Å². The Morgan fingerprint density at radius 1 is 1.03 bits per heavy atom. The van der Waals surface area contributed by atoms with Gasteiger partial charge in [0.2, 0.25) is 0 Å². The van der Waals surface area contributed by atoms with Crippen molar-refractivity contribution in [1.82, 2.24) is 4.90 Å². The Morgan fingerprint density at radius 3 is 2.33 bits per heavy atom. The van der Waals surface area contributed by atoms with Crippen molar-refractivity contribution in [3.63, 3.8) is 0 Å². The van der Waals surface area contributed by atoms with Crippen LogP contribution in [-0.2, 0) is 17.8 Å². The molecule has 2 N–H and O–H groups in total. The maximum atomic E-state index is 14.0. The molecule has 2 aliphatic rings. The van der Waals surface area contributed by atoms with E-state index in [1.165, 1.54) is 0 Å². The molecule has 2 aromatic carbocycles. The molecule has 4 rings (SSSR count). The standard InChI is InChI=1S/C23H25F3N2O2/c24-19-12-21(26)20(25)10-15(19)11-22(27)16-8-17-6-7-18(9-16)28(17)23(29)30-13-14-4-2-1-3-5-14/h1-5,10,12,16-18,22H,6-9,11,13,27H2/t16-,17-,18+,22-/m1/s1. The summed E-state index contributed by atoms with van der Waals surface area (Å²) in [7, 11) is 0. The first-order valence-electron chi connectivity index (χ1n) is 10.3. The molecular formula is C23H25F3N2O2. The minimum Gasteiger partial charge on any atom is -0.445 e. The monoisotopic (exact) mass is 418 g/mol. The number of ether oxygens (including phenoxy) is 1. The molecule has 7 heteroatoms. The summed E-state index contributed by atoms with van der Waals surface area (Å²) in [5.74, 6) is -2.98. The summed E-state index contributed by atoms with van der Waals surface area (Å²) in [6, 6.07) is 10.7. The van der Waals surface area contributed by atoms with Gasteiger partial charge >= 0.3 is 6.09 Å². The van der Waals surface area contributed by atoms with Gasteiger partial charge in [0, 0.05) is 24.2 Å². The van der Waals surface area contributed by atoms with Gasteiger partial charge in [-0.2, -0.15) is 0 Å². The van der Waals surface area contributed by atoms with Gasteiger partial charge in [-0.25, -0.2) is 18.0 Å². The molecule has 2 aromatic rings. The zero-order valence-electron chi connectivity index (χ0n) is 16.6. The number of hydrogen-bond acceptors (Lipinski definition) is 3. The number of carbonyl (C=O) groups is 1. The summed E-state index contributed by atoms with van der Waals surface area (Å²) >= 11 is 0. The van der Waals surface area contributed by atoms with Crippen molar-refractivity contribution in [3.8, 4) is 0 Å². The number of benzene rings is 2. The average molecular weight is 418 g/mol. The lowest BCUT2D eigenvalue weighted by molar-refractivity contribution is 0.0493. The molecule has 0 aliphatic carbocycles. The van der Waals surface area contributed by atoms with E-state index in [-0.39, 0.29) is 42.7 Å². The summed E-state index contributed by atoms with van der Waals surface area (Å²) in [6.45, 7) is 0.230. The summed E-state index contributed by atoms with van der Waals surface area (Å²) in [6.07, 6.45) is 2.98. The van der Waals surface area contributed by atoms with E-state index in [4.69, 9.17) is 10.5 Å². The molecule has 0 unspecified atom stereocenters. The Balaban J connectivity index is 1.36. The van der Waals surface area contributed by atoms with Crippen molar-refractivity contribution >= 4 is 6.09 Å². The van der Waals surface area contributed by atoms with Crippen molar-refractivity contribution in [2.24, 2.45) is 11.7 Å². The number of halogens is 3. The van der Waals surface area contributed by atoms with E-state index in [1.54, 1.807) is 0 Å². The lowest BCUT2D eigenvalue weighted by Crippen LogP contribution is -2.50. The van der Waals surface area contributed by atoms with Crippen molar-refractivity contribution < 1.29 is 22.7 Å². The first-order chi connectivity index (χ1) is 14.4. The lowest BCUT2D eigenvalue weighted by Gasteiger charge is -2.40. The molecule has 1 amide bonds. The molecule has 0 radical (unpaired) electrons. The molecule has 2 aliphatic heterocycles. The predicted molar refractivity (Wildman–Crippen MR) is 106 cm³/mol. The fourth-order valence-electron chi connectivity index (χ4n) is 4.80. The van der Waals surface area contributed by atoms with Gasteiger partial charge in [0.15, 0.2) is 11.6 Å². The number of piperidine rings is 1. The quantitative estimate of drug-likeness (QED) is 0.725. The minimum absolute atomic E-state index is 0.0397. The molecular weight excluding hydrogens is 393 g/mol. The summed E-state index contributed by atoms with van der Waals surface area (Å²) in [5.41, 5.74) is 7.34. The van der Waals surface area contributed by atoms with Crippen LogP contribution in [0.25, 0.3) is 0 Å². The third kappa shape index (κ3) is 4.31. The highest BCUT2D eigenvalue weighted by Gasteiger charge is 2.45. The number of carbonyl (C=O) groups excluding carboxylic acids is 1. The van der Waals surface area contributed by atoms with Crippen molar-refractivity contribution in [3.05, 3.63) is 71.0 Å². The fraction of sp³-hybridized carbons (Fsp3) is 0.435. The van der Waals surface area contributed by atoms with Gasteiger partial charge in [-0.1, -0.05) is 30.3 Å². The molecule has 4 nitrogen and oxygen atoms in total. The third-order valence-electron chi connectivity index (χ3n) is 6.34. The van der Waals surface area contributed by atoms with Gasteiger partial charge < -0.3 is 15.4 Å². The van der Waals surface area contributed by atoms with Crippen LogP contribution in [0.1, 0.15) is 36.8 Å². The molecule has 2 saturated heterocycles. The summed E-state index contributed by atoms with van der Waals surface area (Å²) < 4.78 is 46.1. The van der Waals surface area contributed by atoms with E-state index in [2.05, 4.69) is 0 Å². The topological polar surface area (TPSA) is 55.6 Å². The molecule has 2 bridgehead atoms. The van der Waals surface area contributed by atoms with E-state index in [9.17, 15) is 18.0 Å². The van der Waals surface area contributed by atoms with E-state index < -0.39 is 23.5 Å².